The van der Waals surface area contributed by atoms with E-state index in [4.69, 9.17) is 9.47 Å². The molecule has 0 aliphatic heterocycles. The second-order valence-corrected chi connectivity index (χ2v) is 6.54. The van der Waals surface area contributed by atoms with E-state index in [0.29, 0.717) is 24.0 Å². The minimum atomic E-state index is 0.584. The molecule has 0 bridgehead atoms. The van der Waals surface area contributed by atoms with Crippen LogP contribution in [-0.4, -0.2) is 24.2 Å². The van der Waals surface area contributed by atoms with E-state index < -0.39 is 0 Å². The third kappa shape index (κ3) is 4.91. The number of aryl methyl sites for hydroxylation is 2. The highest BCUT2D eigenvalue weighted by Gasteiger charge is 2.07. The minimum Gasteiger partial charge on any atom is -0.493 e. The number of ether oxygens (including phenoxy) is 2. The Hall–Kier alpha value is -3.28. The Kier molecular flexibility index (Phi) is 6.32. The third-order valence-electron chi connectivity index (χ3n) is 4.47. The Bertz CT molecular complexity index is 944. The van der Waals surface area contributed by atoms with E-state index in [1.807, 2.05) is 43.3 Å². The normalized spacial score (nSPS) is 10.4. The molecule has 3 rings (SSSR count). The first kappa shape index (κ1) is 19.5. The molecule has 28 heavy (non-hydrogen) atoms. The van der Waals surface area contributed by atoms with E-state index in [1.54, 1.807) is 14.2 Å². The van der Waals surface area contributed by atoms with Crippen LogP contribution in [0.3, 0.4) is 0 Å². The first-order chi connectivity index (χ1) is 13.6. The van der Waals surface area contributed by atoms with Crippen molar-refractivity contribution in [2.45, 2.75) is 26.9 Å². The van der Waals surface area contributed by atoms with Crippen LogP contribution in [0.2, 0.25) is 0 Å². The molecule has 1 aromatic heterocycles. The topological polar surface area (TPSA) is 68.3 Å². The van der Waals surface area contributed by atoms with Gasteiger partial charge in [-0.05, 0) is 42.7 Å². The highest BCUT2D eigenvalue weighted by atomic mass is 16.5. The Morgan fingerprint density at radius 2 is 1.61 bits per heavy atom. The predicted molar refractivity (Wildman–Crippen MR) is 112 cm³/mol. The highest BCUT2D eigenvalue weighted by Crippen LogP contribution is 2.27. The molecule has 6 nitrogen and oxygen atoms in total. The van der Waals surface area contributed by atoms with Gasteiger partial charge in [0, 0.05) is 24.8 Å². The molecule has 2 N–H and O–H groups in total. The molecule has 6 heteroatoms. The standard InChI is InChI=1S/C22H26N4O2/c1-15-7-5-6-8-18(15)14-23-21-11-16(2)25-22(26-21)24-13-17-9-10-19(27-3)20(12-17)28-4/h5-12H,13-14H2,1-4H3,(H2,23,24,25,26). The van der Waals surface area contributed by atoms with E-state index >= 15 is 0 Å². The van der Waals surface area contributed by atoms with Crippen molar-refractivity contribution in [1.29, 1.82) is 0 Å². The second kappa shape index (κ2) is 9.08. The lowest BCUT2D eigenvalue weighted by Crippen LogP contribution is -2.08. The van der Waals surface area contributed by atoms with Crippen molar-refractivity contribution in [3.05, 3.63) is 70.9 Å². The van der Waals surface area contributed by atoms with E-state index in [9.17, 15) is 0 Å². The molecular weight excluding hydrogens is 352 g/mol. The van der Waals surface area contributed by atoms with Crippen molar-refractivity contribution in [2.75, 3.05) is 24.9 Å². The first-order valence-corrected chi connectivity index (χ1v) is 9.18. The van der Waals surface area contributed by atoms with Crippen LogP contribution in [0.25, 0.3) is 0 Å². The Morgan fingerprint density at radius 1 is 0.821 bits per heavy atom. The molecule has 0 atom stereocenters. The zero-order valence-electron chi connectivity index (χ0n) is 16.7. The largest absolute Gasteiger partial charge is 0.493 e. The number of anilines is 2. The van der Waals surface area contributed by atoms with Crippen LogP contribution in [0.5, 0.6) is 11.5 Å². The van der Waals surface area contributed by atoms with Gasteiger partial charge in [0.2, 0.25) is 5.95 Å². The minimum absolute atomic E-state index is 0.584. The van der Waals surface area contributed by atoms with Gasteiger partial charge in [0.1, 0.15) is 5.82 Å². The maximum atomic E-state index is 5.36. The molecule has 1 heterocycles. The number of hydrogen-bond acceptors (Lipinski definition) is 6. The molecule has 146 valence electrons. The fourth-order valence-corrected chi connectivity index (χ4v) is 2.90. The zero-order chi connectivity index (χ0) is 19.9. The fourth-order valence-electron chi connectivity index (χ4n) is 2.90. The molecule has 0 radical (unpaired) electrons. The number of nitrogens with one attached hydrogen (secondary N) is 2. The molecule has 2 aromatic carbocycles. The Labute approximate surface area is 166 Å². The van der Waals surface area contributed by atoms with Crippen molar-refractivity contribution in [3.8, 4) is 11.5 Å². The van der Waals surface area contributed by atoms with Crippen LogP contribution in [0.1, 0.15) is 22.4 Å². The maximum Gasteiger partial charge on any atom is 0.225 e. The lowest BCUT2D eigenvalue weighted by molar-refractivity contribution is 0.354. The molecular formula is C22H26N4O2. The molecule has 0 fully saturated rings. The second-order valence-electron chi connectivity index (χ2n) is 6.54. The summed E-state index contributed by atoms with van der Waals surface area (Å²) >= 11 is 0. The van der Waals surface area contributed by atoms with Gasteiger partial charge in [0.05, 0.1) is 14.2 Å². The SMILES string of the molecule is COc1ccc(CNc2nc(C)cc(NCc3ccccc3C)n2)cc1OC. The van der Waals surface area contributed by atoms with Gasteiger partial charge < -0.3 is 20.1 Å². The lowest BCUT2D eigenvalue weighted by atomic mass is 10.1. The predicted octanol–water partition coefficient (Wildman–Crippen LogP) is 4.33. The Balaban J connectivity index is 1.67. The van der Waals surface area contributed by atoms with Gasteiger partial charge >= 0.3 is 0 Å². The smallest absolute Gasteiger partial charge is 0.225 e. The summed E-state index contributed by atoms with van der Waals surface area (Å²) in [6.07, 6.45) is 0. The van der Waals surface area contributed by atoms with Crippen molar-refractivity contribution in [1.82, 2.24) is 9.97 Å². The molecule has 0 unspecified atom stereocenters. The summed E-state index contributed by atoms with van der Waals surface area (Å²) in [5.41, 5.74) is 4.46. The van der Waals surface area contributed by atoms with Crippen molar-refractivity contribution >= 4 is 11.8 Å². The summed E-state index contributed by atoms with van der Waals surface area (Å²) in [6.45, 7) is 5.37. The van der Waals surface area contributed by atoms with E-state index in [-0.39, 0.29) is 0 Å². The van der Waals surface area contributed by atoms with Crippen LogP contribution in [0.15, 0.2) is 48.5 Å². The monoisotopic (exact) mass is 378 g/mol. The number of nitrogens with zero attached hydrogens (tertiary/aromatic N) is 2. The summed E-state index contributed by atoms with van der Waals surface area (Å²) in [7, 11) is 3.26. The van der Waals surface area contributed by atoms with Gasteiger partial charge in [-0.1, -0.05) is 30.3 Å². The van der Waals surface area contributed by atoms with Crippen LogP contribution in [0, 0.1) is 13.8 Å². The van der Waals surface area contributed by atoms with Crippen LogP contribution >= 0.6 is 0 Å². The van der Waals surface area contributed by atoms with Gasteiger partial charge in [0.25, 0.3) is 0 Å². The highest BCUT2D eigenvalue weighted by molar-refractivity contribution is 5.46. The average molecular weight is 378 g/mol. The van der Waals surface area contributed by atoms with E-state index in [2.05, 4.69) is 39.7 Å². The number of rotatable bonds is 8. The van der Waals surface area contributed by atoms with Crippen molar-refractivity contribution in [2.24, 2.45) is 0 Å². The molecule has 3 aromatic rings. The summed E-state index contributed by atoms with van der Waals surface area (Å²) < 4.78 is 10.6. The van der Waals surface area contributed by atoms with E-state index in [1.165, 1.54) is 11.1 Å². The van der Waals surface area contributed by atoms with Crippen molar-refractivity contribution in [3.63, 3.8) is 0 Å². The molecule has 0 aliphatic rings. The number of aromatic nitrogens is 2. The first-order valence-electron chi connectivity index (χ1n) is 9.18. The summed E-state index contributed by atoms with van der Waals surface area (Å²) in [5.74, 6) is 2.79. The van der Waals surface area contributed by atoms with Gasteiger partial charge in [-0.3, -0.25) is 0 Å². The molecule has 0 spiro atoms. The van der Waals surface area contributed by atoms with Gasteiger partial charge in [-0.25, -0.2) is 4.98 Å². The number of benzene rings is 2. The average Bonchev–Trinajstić information content (AvgIpc) is 2.71. The summed E-state index contributed by atoms with van der Waals surface area (Å²) in [5, 5.41) is 6.67. The van der Waals surface area contributed by atoms with Crippen molar-refractivity contribution < 1.29 is 9.47 Å². The number of hydrogen-bond donors (Lipinski definition) is 2. The number of methoxy groups -OCH3 is 2. The summed E-state index contributed by atoms with van der Waals surface area (Å²) in [4.78, 5) is 9.06. The van der Waals surface area contributed by atoms with Crippen LogP contribution < -0.4 is 20.1 Å². The van der Waals surface area contributed by atoms with Crippen LogP contribution in [-0.2, 0) is 13.1 Å². The quantitative estimate of drug-likeness (QED) is 0.608. The lowest BCUT2D eigenvalue weighted by Gasteiger charge is -2.12. The Morgan fingerprint density at radius 3 is 2.36 bits per heavy atom. The van der Waals surface area contributed by atoms with E-state index in [0.717, 1.165) is 23.6 Å². The van der Waals surface area contributed by atoms with Gasteiger partial charge in [-0.2, -0.15) is 4.98 Å². The third-order valence-corrected chi connectivity index (χ3v) is 4.47. The molecule has 0 saturated heterocycles. The fraction of sp³-hybridized carbons (Fsp3) is 0.273. The maximum absolute atomic E-state index is 5.36. The molecule has 0 saturated carbocycles. The molecule has 0 amide bonds. The zero-order valence-corrected chi connectivity index (χ0v) is 16.7. The van der Waals surface area contributed by atoms with Crippen LogP contribution in [0.4, 0.5) is 11.8 Å². The summed E-state index contributed by atoms with van der Waals surface area (Å²) in [6, 6.07) is 16.1. The van der Waals surface area contributed by atoms with Gasteiger partial charge in [-0.15, -0.1) is 0 Å². The van der Waals surface area contributed by atoms with Gasteiger partial charge in [0.15, 0.2) is 11.5 Å². The molecule has 0 aliphatic carbocycles.